The fourth-order valence-corrected chi connectivity index (χ4v) is 3.55. The third-order valence-corrected chi connectivity index (χ3v) is 5.33. The van der Waals surface area contributed by atoms with Gasteiger partial charge in [0.25, 0.3) is 0 Å². The number of hydrogen-bond donors (Lipinski definition) is 1. The van der Waals surface area contributed by atoms with Crippen LogP contribution in [0.1, 0.15) is 43.9 Å². The van der Waals surface area contributed by atoms with E-state index in [9.17, 15) is 9.59 Å². The average molecular weight is 435 g/mol. The van der Waals surface area contributed by atoms with Crippen LogP contribution in [0.2, 0.25) is 10.0 Å². The third kappa shape index (κ3) is 6.76. The van der Waals surface area contributed by atoms with Crippen LogP contribution in [0.15, 0.2) is 42.5 Å². The number of carbonyl (C=O) groups is 2. The third-order valence-electron chi connectivity index (χ3n) is 4.59. The van der Waals surface area contributed by atoms with Gasteiger partial charge < -0.3 is 10.2 Å². The molecular formula is C23H28Cl2N2O2. The number of aryl methyl sites for hydroxylation is 1. The molecule has 156 valence electrons. The Labute approximate surface area is 183 Å². The highest BCUT2D eigenvalue weighted by molar-refractivity contribution is 6.42. The number of rotatable bonds is 8. The molecule has 0 aliphatic rings. The van der Waals surface area contributed by atoms with Gasteiger partial charge in [0.05, 0.1) is 16.5 Å². The highest BCUT2D eigenvalue weighted by atomic mass is 35.5. The van der Waals surface area contributed by atoms with Crippen LogP contribution >= 0.6 is 23.2 Å². The molecule has 2 rings (SSSR count). The summed E-state index contributed by atoms with van der Waals surface area (Å²) in [5.41, 5.74) is 2.86. The molecule has 1 atom stereocenters. The summed E-state index contributed by atoms with van der Waals surface area (Å²) in [6, 6.07) is 12.6. The summed E-state index contributed by atoms with van der Waals surface area (Å²) in [5, 5.41) is 3.79. The van der Waals surface area contributed by atoms with Crippen molar-refractivity contribution in [3.8, 4) is 0 Å². The van der Waals surface area contributed by atoms with E-state index in [2.05, 4.69) is 5.32 Å². The van der Waals surface area contributed by atoms with Crippen LogP contribution in [0.3, 0.4) is 0 Å². The van der Waals surface area contributed by atoms with Crippen molar-refractivity contribution < 1.29 is 9.59 Å². The molecular weight excluding hydrogens is 407 g/mol. The van der Waals surface area contributed by atoms with E-state index in [1.807, 2.05) is 52.0 Å². The molecule has 0 aliphatic carbocycles. The first-order valence-corrected chi connectivity index (χ1v) is 10.6. The molecule has 0 aromatic heterocycles. The maximum absolute atomic E-state index is 13.3. The van der Waals surface area contributed by atoms with Gasteiger partial charge in [-0.3, -0.25) is 9.59 Å². The van der Waals surface area contributed by atoms with Gasteiger partial charge in [-0.15, -0.1) is 0 Å². The number of nitrogens with zero attached hydrogens (tertiary/aromatic N) is 1. The number of benzene rings is 2. The Morgan fingerprint density at radius 3 is 2.34 bits per heavy atom. The lowest BCUT2D eigenvalue weighted by Crippen LogP contribution is -2.50. The van der Waals surface area contributed by atoms with Gasteiger partial charge in [-0.05, 0) is 50.5 Å². The lowest BCUT2D eigenvalue weighted by Gasteiger charge is -2.31. The SMILES string of the molecule is CC[C@H](C(=O)NC(C)C)N(Cc1cccc(C)c1)C(=O)Cc1ccc(Cl)c(Cl)c1. The molecule has 0 unspecified atom stereocenters. The van der Waals surface area contributed by atoms with Gasteiger partial charge in [0, 0.05) is 12.6 Å². The zero-order valence-electron chi connectivity index (χ0n) is 17.3. The van der Waals surface area contributed by atoms with Crippen molar-refractivity contribution in [3.05, 3.63) is 69.2 Å². The Morgan fingerprint density at radius 1 is 1.03 bits per heavy atom. The van der Waals surface area contributed by atoms with Crippen molar-refractivity contribution in [2.24, 2.45) is 0 Å². The smallest absolute Gasteiger partial charge is 0.243 e. The number of hydrogen-bond acceptors (Lipinski definition) is 2. The van der Waals surface area contributed by atoms with Gasteiger partial charge in [0.15, 0.2) is 0 Å². The standard InChI is InChI=1S/C23H28Cl2N2O2/c1-5-21(23(29)26-15(2)3)27(14-18-8-6-7-16(4)11-18)22(28)13-17-9-10-19(24)20(25)12-17/h6-12,15,21H,5,13-14H2,1-4H3,(H,26,29)/t21-/m1/s1. The quantitative estimate of drug-likeness (QED) is 0.622. The van der Waals surface area contributed by atoms with Crippen molar-refractivity contribution in [1.82, 2.24) is 10.2 Å². The zero-order valence-corrected chi connectivity index (χ0v) is 18.8. The highest BCUT2D eigenvalue weighted by Crippen LogP contribution is 2.23. The largest absolute Gasteiger partial charge is 0.352 e. The Morgan fingerprint density at radius 2 is 1.76 bits per heavy atom. The van der Waals surface area contributed by atoms with E-state index in [0.717, 1.165) is 16.7 Å². The first kappa shape index (κ1) is 23.2. The summed E-state index contributed by atoms with van der Waals surface area (Å²) >= 11 is 12.1. The average Bonchev–Trinajstić information content (AvgIpc) is 2.64. The van der Waals surface area contributed by atoms with Gasteiger partial charge in [-0.25, -0.2) is 0 Å². The van der Waals surface area contributed by atoms with Crippen molar-refractivity contribution >= 4 is 35.0 Å². The zero-order chi connectivity index (χ0) is 21.6. The molecule has 0 heterocycles. The van der Waals surface area contributed by atoms with Crippen LogP contribution in [-0.4, -0.2) is 28.8 Å². The minimum atomic E-state index is -0.548. The van der Waals surface area contributed by atoms with E-state index in [-0.39, 0.29) is 24.3 Å². The Bertz CT molecular complexity index is 868. The maximum Gasteiger partial charge on any atom is 0.243 e. The highest BCUT2D eigenvalue weighted by Gasteiger charge is 2.29. The van der Waals surface area contributed by atoms with Crippen molar-refractivity contribution in [1.29, 1.82) is 0 Å². The molecule has 1 N–H and O–H groups in total. The molecule has 6 heteroatoms. The first-order chi connectivity index (χ1) is 13.7. The van der Waals surface area contributed by atoms with E-state index in [1.165, 1.54) is 0 Å². The minimum absolute atomic E-state index is 0.00236. The Kier molecular flexibility index (Phi) is 8.54. The van der Waals surface area contributed by atoms with E-state index >= 15 is 0 Å². The van der Waals surface area contributed by atoms with E-state index in [1.54, 1.807) is 23.1 Å². The molecule has 2 aromatic carbocycles. The number of carbonyl (C=O) groups excluding carboxylic acids is 2. The summed E-state index contributed by atoms with van der Waals surface area (Å²) in [6.45, 7) is 8.11. The molecule has 2 aromatic rings. The molecule has 2 amide bonds. The first-order valence-electron chi connectivity index (χ1n) is 9.80. The fourth-order valence-electron chi connectivity index (χ4n) is 3.23. The van der Waals surface area contributed by atoms with Crippen LogP contribution < -0.4 is 5.32 Å². The lowest BCUT2D eigenvalue weighted by atomic mass is 10.1. The number of amides is 2. The normalized spacial score (nSPS) is 12.0. The van der Waals surface area contributed by atoms with Crippen LogP contribution in [0, 0.1) is 6.92 Å². The van der Waals surface area contributed by atoms with Gasteiger partial charge >= 0.3 is 0 Å². The summed E-state index contributed by atoms with van der Waals surface area (Å²) in [5.74, 6) is -0.270. The topological polar surface area (TPSA) is 49.4 Å². The van der Waals surface area contributed by atoms with E-state index in [4.69, 9.17) is 23.2 Å². The molecule has 0 saturated heterocycles. The molecule has 0 aliphatic heterocycles. The van der Waals surface area contributed by atoms with Gasteiger partial charge in [-0.1, -0.05) is 66.0 Å². The van der Waals surface area contributed by atoms with Crippen LogP contribution in [0.5, 0.6) is 0 Å². The Balaban J connectivity index is 2.31. The lowest BCUT2D eigenvalue weighted by molar-refractivity contribution is -0.141. The molecule has 0 bridgehead atoms. The van der Waals surface area contributed by atoms with Crippen LogP contribution in [-0.2, 0) is 22.6 Å². The maximum atomic E-state index is 13.3. The molecule has 0 spiro atoms. The number of nitrogens with one attached hydrogen (secondary N) is 1. The molecule has 0 radical (unpaired) electrons. The minimum Gasteiger partial charge on any atom is -0.352 e. The van der Waals surface area contributed by atoms with Gasteiger partial charge in [0.1, 0.15) is 6.04 Å². The van der Waals surface area contributed by atoms with Gasteiger partial charge in [-0.2, -0.15) is 0 Å². The second kappa shape index (κ2) is 10.7. The monoisotopic (exact) mass is 434 g/mol. The van der Waals surface area contributed by atoms with Crippen LogP contribution in [0.4, 0.5) is 0 Å². The molecule has 0 fully saturated rings. The van der Waals surface area contributed by atoms with Gasteiger partial charge in [0.2, 0.25) is 11.8 Å². The fraction of sp³-hybridized carbons (Fsp3) is 0.391. The number of halogens is 2. The van der Waals surface area contributed by atoms with E-state index < -0.39 is 6.04 Å². The van der Waals surface area contributed by atoms with Crippen molar-refractivity contribution in [2.75, 3.05) is 0 Å². The Hall–Kier alpha value is -2.04. The van der Waals surface area contributed by atoms with Crippen molar-refractivity contribution in [3.63, 3.8) is 0 Å². The summed E-state index contributed by atoms with van der Waals surface area (Å²) in [4.78, 5) is 27.7. The molecule has 4 nitrogen and oxygen atoms in total. The summed E-state index contributed by atoms with van der Waals surface area (Å²) in [6.07, 6.45) is 0.672. The van der Waals surface area contributed by atoms with Crippen LogP contribution in [0.25, 0.3) is 0 Å². The molecule has 29 heavy (non-hydrogen) atoms. The second-order valence-corrected chi connectivity index (χ2v) is 8.34. The predicted molar refractivity (Wildman–Crippen MR) is 119 cm³/mol. The summed E-state index contributed by atoms with van der Waals surface area (Å²) in [7, 11) is 0. The summed E-state index contributed by atoms with van der Waals surface area (Å²) < 4.78 is 0. The van der Waals surface area contributed by atoms with Crippen molar-refractivity contribution in [2.45, 2.75) is 59.2 Å². The van der Waals surface area contributed by atoms with E-state index in [0.29, 0.717) is 23.0 Å². The predicted octanol–water partition coefficient (Wildman–Crippen LogP) is 5.18. The second-order valence-electron chi connectivity index (χ2n) is 7.52. The molecule has 0 saturated carbocycles.